The van der Waals surface area contributed by atoms with E-state index < -0.39 is 0 Å². The van der Waals surface area contributed by atoms with Crippen LogP contribution < -0.4 is 5.32 Å². The zero-order valence-electron chi connectivity index (χ0n) is 11.4. The van der Waals surface area contributed by atoms with Crippen molar-refractivity contribution in [1.29, 1.82) is 0 Å². The molecule has 2 aromatic carbocycles. The summed E-state index contributed by atoms with van der Waals surface area (Å²) >= 11 is 0. The Hall–Kier alpha value is -2.62. The first-order valence-electron chi connectivity index (χ1n) is 6.83. The van der Waals surface area contributed by atoms with Crippen LogP contribution in [0.25, 0.3) is 10.9 Å². The molecule has 3 rings (SSSR count). The molecular weight excluding hydrogens is 267 g/mol. The van der Waals surface area contributed by atoms with Gasteiger partial charge in [0.1, 0.15) is 11.5 Å². The zero-order chi connectivity index (χ0) is 14.7. The minimum atomic E-state index is -0.327. The number of H-pyrrole nitrogens is 1. The number of halogens is 1. The summed E-state index contributed by atoms with van der Waals surface area (Å²) in [4.78, 5) is 15.0. The van der Waals surface area contributed by atoms with Crippen molar-refractivity contribution in [2.24, 2.45) is 0 Å². The Kier molecular flexibility index (Phi) is 3.69. The van der Waals surface area contributed by atoms with Gasteiger partial charge in [0, 0.05) is 17.4 Å². The average Bonchev–Trinajstić information content (AvgIpc) is 2.94. The second-order valence-corrected chi connectivity index (χ2v) is 4.88. The van der Waals surface area contributed by atoms with Gasteiger partial charge in [-0.2, -0.15) is 0 Å². The highest BCUT2D eigenvalue weighted by Crippen LogP contribution is 2.18. The molecule has 0 aliphatic carbocycles. The molecule has 0 spiro atoms. The Labute approximate surface area is 121 Å². The first-order valence-corrected chi connectivity index (χ1v) is 6.83. The smallest absolute Gasteiger partial charge is 0.267 e. The molecule has 3 nitrogen and oxygen atoms in total. The van der Waals surface area contributed by atoms with Crippen molar-refractivity contribution in [3.05, 3.63) is 71.7 Å². The highest BCUT2D eigenvalue weighted by atomic mass is 19.1. The maximum Gasteiger partial charge on any atom is 0.267 e. The van der Waals surface area contributed by atoms with Crippen LogP contribution in [-0.2, 0) is 6.42 Å². The van der Waals surface area contributed by atoms with Crippen LogP contribution in [0.5, 0.6) is 0 Å². The molecule has 0 bridgehead atoms. The lowest BCUT2D eigenvalue weighted by Gasteiger charge is -2.03. The number of hydrogen-bond acceptors (Lipinski definition) is 1. The molecule has 0 saturated carbocycles. The van der Waals surface area contributed by atoms with Gasteiger partial charge in [-0.15, -0.1) is 0 Å². The zero-order valence-corrected chi connectivity index (χ0v) is 11.4. The van der Waals surface area contributed by atoms with Gasteiger partial charge in [0.2, 0.25) is 0 Å². The van der Waals surface area contributed by atoms with Gasteiger partial charge >= 0.3 is 0 Å². The van der Waals surface area contributed by atoms with Crippen molar-refractivity contribution in [1.82, 2.24) is 10.3 Å². The Balaban J connectivity index is 1.65. The van der Waals surface area contributed by atoms with Crippen LogP contribution in [0.1, 0.15) is 16.1 Å². The molecular formula is C17H15FN2O. The lowest BCUT2D eigenvalue weighted by molar-refractivity contribution is 0.0950. The van der Waals surface area contributed by atoms with E-state index in [1.165, 1.54) is 11.6 Å². The topological polar surface area (TPSA) is 44.9 Å². The van der Waals surface area contributed by atoms with Gasteiger partial charge in [-0.1, -0.05) is 36.4 Å². The molecule has 3 aromatic rings. The van der Waals surface area contributed by atoms with Gasteiger partial charge in [0.05, 0.1) is 0 Å². The summed E-state index contributed by atoms with van der Waals surface area (Å²) in [5.41, 5.74) is 2.17. The monoisotopic (exact) mass is 282 g/mol. The van der Waals surface area contributed by atoms with Crippen molar-refractivity contribution in [2.45, 2.75) is 6.42 Å². The van der Waals surface area contributed by atoms with E-state index in [1.807, 2.05) is 30.3 Å². The fraction of sp³-hybridized carbons (Fsp3) is 0.118. The van der Waals surface area contributed by atoms with Crippen molar-refractivity contribution >= 4 is 16.8 Å². The van der Waals surface area contributed by atoms with E-state index in [0.717, 1.165) is 6.42 Å². The van der Waals surface area contributed by atoms with Crippen LogP contribution in [-0.4, -0.2) is 17.4 Å². The van der Waals surface area contributed by atoms with Gasteiger partial charge in [0.25, 0.3) is 5.91 Å². The summed E-state index contributed by atoms with van der Waals surface area (Å²) in [6, 6.07) is 16.2. The normalized spacial score (nSPS) is 10.7. The molecule has 1 heterocycles. The maximum atomic E-state index is 13.6. The molecule has 4 heteroatoms. The molecule has 1 aromatic heterocycles. The predicted octanol–water partition coefficient (Wildman–Crippen LogP) is 3.28. The maximum absolute atomic E-state index is 13.6. The Morgan fingerprint density at radius 3 is 2.67 bits per heavy atom. The molecule has 106 valence electrons. The van der Waals surface area contributed by atoms with Crippen molar-refractivity contribution in [2.75, 3.05) is 6.54 Å². The largest absolute Gasteiger partial charge is 0.350 e. The fourth-order valence-corrected chi connectivity index (χ4v) is 2.30. The van der Waals surface area contributed by atoms with Gasteiger partial charge in [-0.25, -0.2) is 4.39 Å². The van der Waals surface area contributed by atoms with E-state index in [-0.39, 0.29) is 11.7 Å². The quantitative estimate of drug-likeness (QED) is 0.758. The second-order valence-electron chi connectivity index (χ2n) is 4.88. The number of carbonyl (C=O) groups excluding carboxylic acids is 1. The van der Waals surface area contributed by atoms with E-state index in [2.05, 4.69) is 10.3 Å². The number of rotatable bonds is 4. The number of hydrogen-bond donors (Lipinski definition) is 2. The van der Waals surface area contributed by atoms with Crippen LogP contribution in [0.4, 0.5) is 4.39 Å². The van der Waals surface area contributed by atoms with Crippen LogP contribution >= 0.6 is 0 Å². The van der Waals surface area contributed by atoms with E-state index in [4.69, 9.17) is 0 Å². The fourth-order valence-electron chi connectivity index (χ4n) is 2.30. The summed E-state index contributed by atoms with van der Waals surface area (Å²) in [7, 11) is 0. The standard InChI is InChI=1S/C17H15FN2O/c18-14-7-4-8-15-13(14)11-16(20-15)17(21)19-10-9-12-5-2-1-3-6-12/h1-8,11,20H,9-10H2,(H,19,21). The van der Waals surface area contributed by atoms with Crippen LogP contribution in [0.15, 0.2) is 54.6 Å². The third-order valence-electron chi connectivity index (χ3n) is 3.40. The summed E-state index contributed by atoms with van der Waals surface area (Å²) < 4.78 is 13.6. The molecule has 2 N–H and O–H groups in total. The summed E-state index contributed by atoms with van der Waals surface area (Å²) in [6.07, 6.45) is 0.765. The molecule has 0 saturated heterocycles. The van der Waals surface area contributed by atoms with Gasteiger partial charge in [0.15, 0.2) is 0 Å². The Morgan fingerprint density at radius 1 is 1.10 bits per heavy atom. The van der Waals surface area contributed by atoms with E-state index in [0.29, 0.717) is 23.1 Å². The minimum Gasteiger partial charge on any atom is -0.350 e. The van der Waals surface area contributed by atoms with E-state index >= 15 is 0 Å². The molecule has 0 radical (unpaired) electrons. The molecule has 0 atom stereocenters. The number of nitrogens with one attached hydrogen (secondary N) is 2. The molecule has 0 aliphatic rings. The van der Waals surface area contributed by atoms with Gasteiger partial charge in [-0.3, -0.25) is 4.79 Å². The molecule has 0 aliphatic heterocycles. The first-order chi connectivity index (χ1) is 10.2. The Bertz CT molecular complexity index is 765. The number of aromatic nitrogens is 1. The lowest BCUT2D eigenvalue weighted by Crippen LogP contribution is -2.25. The molecule has 0 fully saturated rings. The number of fused-ring (bicyclic) bond motifs is 1. The first kappa shape index (κ1) is 13.4. The van der Waals surface area contributed by atoms with Crippen LogP contribution in [0.3, 0.4) is 0 Å². The van der Waals surface area contributed by atoms with Gasteiger partial charge in [-0.05, 0) is 30.2 Å². The third-order valence-corrected chi connectivity index (χ3v) is 3.40. The summed E-state index contributed by atoms with van der Waals surface area (Å²) in [6.45, 7) is 0.542. The highest BCUT2D eigenvalue weighted by Gasteiger charge is 2.11. The number of benzene rings is 2. The SMILES string of the molecule is O=C(NCCc1ccccc1)c1cc2c(F)cccc2[nH]1. The van der Waals surface area contributed by atoms with Crippen molar-refractivity contribution in [3.63, 3.8) is 0 Å². The van der Waals surface area contributed by atoms with Crippen molar-refractivity contribution in [3.8, 4) is 0 Å². The average molecular weight is 282 g/mol. The van der Waals surface area contributed by atoms with Gasteiger partial charge < -0.3 is 10.3 Å². The van der Waals surface area contributed by atoms with Crippen LogP contribution in [0.2, 0.25) is 0 Å². The van der Waals surface area contributed by atoms with E-state index in [1.54, 1.807) is 18.2 Å². The number of amides is 1. The molecule has 21 heavy (non-hydrogen) atoms. The number of carbonyl (C=O) groups is 1. The van der Waals surface area contributed by atoms with Crippen molar-refractivity contribution < 1.29 is 9.18 Å². The summed E-state index contributed by atoms with van der Waals surface area (Å²) in [5, 5.41) is 3.27. The lowest BCUT2D eigenvalue weighted by atomic mass is 10.1. The number of aromatic amines is 1. The highest BCUT2D eigenvalue weighted by molar-refractivity contribution is 5.98. The Morgan fingerprint density at radius 2 is 1.90 bits per heavy atom. The predicted molar refractivity (Wildman–Crippen MR) is 80.7 cm³/mol. The van der Waals surface area contributed by atoms with E-state index in [9.17, 15) is 9.18 Å². The van der Waals surface area contributed by atoms with Crippen LogP contribution in [0, 0.1) is 5.82 Å². The molecule has 1 amide bonds. The molecule has 0 unspecified atom stereocenters. The minimum absolute atomic E-state index is 0.221. The second kappa shape index (κ2) is 5.79. The third kappa shape index (κ3) is 2.94. The summed E-state index contributed by atoms with van der Waals surface area (Å²) in [5.74, 6) is -0.548.